The number of nitrogens with zero attached hydrogens (tertiary/aromatic N) is 2. The van der Waals surface area contributed by atoms with E-state index < -0.39 is 5.97 Å². The van der Waals surface area contributed by atoms with Crippen molar-refractivity contribution in [3.63, 3.8) is 0 Å². The Balaban J connectivity index is 1.86. The van der Waals surface area contributed by atoms with Gasteiger partial charge in [0, 0.05) is 25.3 Å². The lowest BCUT2D eigenvalue weighted by molar-refractivity contribution is -0.136. The van der Waals surface area contributed by atoms with E-state index in [9.17, 15) is 14.4 Å². The van der Waals surface area contributed by atoms with Crippen molar-refractivity contribution in [2.75, 3.05) is 25.0 Å². The molecule has 130 valence electrons. The zero-order valence-corrected chi connectivity index (χ0v) is 13.6. The van der Waals surface area contributed by atoms with Gasteiger partial charge in [-0.15, -0.1) is 0 Å². The van der Waals surface area contributed by atoms with Gasteiger partial charge in [-0.25, -0.2) is 9.78 Å². The van der Waals surface area contributed by atoms with Crippen LogP contribution in [0.15, 0.2) is 18.2 Å². The molecule has 0 aromatic carbocycles. The van der Waals surface area contributed by atoms with E-state index in [-0.39, 0.29) is 30.8 Å². The Labute approximate surface area is 140 Å². The summed E-state index contributed by atoms with van der Waals surface area (Å²) in [5.74, 6) is -0.915. The number of amides is 3. The quantitative estimate of drug-likeness (QED) is 0.750. The van der Waals surface area contributed by atoms with Crippen LogP contribution in [0.25, 0.3) is 0 Å². The Kier molecular flexibility index (Phi) is 6.11. The molecule has 1 saturated heterocycles. The minimum absolute atomic E-state index is 0.0781. The van der Waals surface area contributed by atoms with Crippen LogP contribution in [0.4, 0.5) is 10.6 Å². The Morgan fingerprint density at radius 3 is 2.88 bits per heavy atom. The average molecular weight is 334 g/mol. The molecule has 0 aliphatic carbocycles. The zero-order valence-electron chi connectivity index (χ0n) is 13.6. The number of pyridine rings is 1. The predicted molar refractivity (Wildman–Crippen MR) is 87.6 cm³/mol. The smallest absolute Gasteiger partial charge is 0.317 e. The van der Waals surface area contributed by atoms with Crippen LogP contribution in [0, 0.1) is 12.8 Å². The van der Waals surface area contributed by atoms with Crippen molar-refractivity contribution in [2.45, 2.75) is 26.2 Å². The second-order valence-corrected chi connectivity index (χ2v) is 5.81. The summed E-state index contributed by atoms with van der Waals surface area (Å²) < 4.78 is 0. The molecule has 0 radical (unpaired) electrons. The molecule has 1 aliphatic rings. The highest BCUT2D eigenvalue weighted by atomic mass is 16.4. The highest BCUT2D eigenvalue weighted by molar-refractivity contribution is 5.92. The number of carboxylic acid groups (broad SMARTS) is 1. The Morgan fingerprint density at radius 1 is 1.38 bits per heavy atom. The van der Waals surface area contributed by atoms with Crippen molar-refractivity contribution in [2.24, 2.45) is 5.92 Å². The van der Waals surface area contributed by atoms with E-state index in [4.69, 9.17) is 5.11 Å². The molecule has 2 heterocycles. The molecule has 0 bridgehead atoms. The first-order chi connectivity index (χ1) is 11.5. The van der Waals surface area contributed by atoms with Crippen LogP contribution in [0.3, 0.4) is 0 Å². The number of anilines is 1. The summed E-state index contributed by atoms with van der Waals surface area (Å²) in [6.07, 6.45) is 1.31. The fourth-order valence-electron chi connectivity index (χ4n) is 2.60. The number of likely N-dealkylation sites (tertiary alicyclic amines) is 1. The van der Waals surface area contributed by atoms with Crippen molar-refractivity contribution in [3.05, 3.63) is 23.9 Å². The van der Waals surface area contributed by atoms with Gasteiger partial charge in [-0.2, -0.15) is 0 Å². The molecule has 1 atom stereocenters. The van der Waals surface area contributed by atoms with Gasteiger partial charge in [0.15, 0.2) is 0 Å². The van der Waals surface area contributed by atoms with Crippen LogP contribution in [0.2, 0.25) is 0 Å². The van der Waals surface area contributed by atoms with Crippen LogP contribution in [-0.4, -0.2) is 52.5 Å². The molecule has 1 aromatic rings. The molecule has 8 heteroatoms. The number of aliphatic carboxylic acids is 1. The monoisotopic (exact) mass is 334 g/mol. The number of urea groups is 1. The number of hydrogen-bond acceptors (Lipinski definition) is 4. The summed E-state index contributed by atoms with van der Waals surface area (Å²) in [7, 11) is 0. The van der Waals surface area contributed by atoms with Crippen LogP contribution in [0.1, 0.15) is 25.0 Å². The highest BCUT2D eigenvalue weighted by Gasteiger charge is 2.28. The van der Waals surface area contributed by atoms with Crippen molar-refractivity contribution < 1.29 is 19.5 Å². The first-order valence-electron chi connectivity index (χ1n) is 7.95. The molecule has 1 aliphatic heterocycles. The van der Waals surface area contributed by atoms with E-state index in [1.54, 1.807) is 11.0 Å². The van der Waals surface area contributed by atoms with Gasteiger partial charge < -0.3 is 20.6 Å². The first-order valence-corrected chi connectivity index (χ1v) is 7.95. The topological polar surface area (TPSA) is 112 Å². The van der Waals surface area contributed by atoms with Crippen molar-refractivity contribution in [3.8, 4) is 0 Å². The maximum Gasteiger partial charge on any atom is 0.317 e. The van der Waals surface area contributed by atoms with E-state index >= 15 is 0 Å². The molecule has 8 nitrogen and oxygen atoms in total. The second-order valence-electron chi connectivity index (χ2n) is 5.81. The van der Waals surface area contributed by atoms with Crippen LogP contribution < -0.4 is 10.6 Å². The van der Waals surface area contributed by atoms with E-state index in [1.165, 1.54) is 0 Å². The van der Waals surface area contributed by atoms with E-state index in [1.807, 2.05) is 19.1 Å². The average Bonchev–Trinajstić information content (AvgIpc) is 2.54. The number of aryl methyl sites for hydroxylation is 1. The SMILES string of the molecule is Cc1cccc(NC(=O)C2CCCN(C(=O)NCCC(=O)O)C2)n1. The molecular formula is C16H22N4O4. The number of piperidine rings is 1. The number of carbonyl (C=O) groups is 3. The van der Waals surface area contributed by atoms with Gasteiger partial charge in [0.05, 0.1) is 12.3 Å². The lowest BCUT2D eigenvalue weighted by atomic mass is 9.97. The molecule has 1 unspecified atom stereocenters. The predicted octanol–water partition coefficient (Wildman–Crippen LogP) is 1.22. The van der Waals surface area contributed by atoms with Gasteiger partial charge >= 0.3 is 12.0 Å². The van der Waals surface area contributed by atoms with E-state index in [0.29, 0.717) is 25.3 Å². The lowest BCUT2D eigenvalue weighted by Crippen LogP contribution is -2.48. The number of aromatic nitrogens is 1. The third kappa shape index (κ3) is 5.22. The fraction of sp³-hybridized carbons (Fsp3) is 0.500. The molecule has 0 saturated carbocycles. The highest BCUT2D eigenvalue weighted by Crippen LogP contribution is 2.18. The van der Waals surface area contributed by atoms with Crippen molar-refractivity contribution in [1.82, 2.24) is 15.2 Å². The molecule has 0 spiro atoms. The molecule has 1 fully saturated rings. The summed E-state index contributed by atoms with van der Waals surface area (Å²) in [6, 6.07) is 5.06. The Bertz CT molecular complexity index is 620. The molecule has 3 amide bonds. The van der Waals surface area contributed by atoms with Gasteiger partial charge in [-0.1, -0.05) is 6.07 Å². The maximum atomic E-state index is 12.4. The van der Waals surface area contributed by atoms with Gasteiger partial charge in [-0.3, -0.25) is 9.59 Å². The number of nitrogens with one attached hydrogen (secondary N) is 2. The Hall–Kier alpha value is -2.64. The first kappa shape index (κ1) is 17.7. The molecule has 2 rings (SSSR count). The maximum absolute atomic E-state index is 12.4. The van der Waals surface area contributed by atoms with Gasteiger partial charge in [0.1, 0.15) is 5.82 Å². The van der Waals surface area contributed by atoms with Gasteiger partial charge in [-0.05, 0) is 31.9 Å². The minimum atomic E-state index is -0.961. The molecule has 3 N–H and O–H groups in total. The van der Waals surface area contributed by atoms with Gasteiger partial charge in [0.2, 0.25) is 5.91 Å². The minimum Gasteiger partial charge on any atom is -0.481 e. The fourth-order valence-corrected chi connectivity index (χ4v) is 2.60. The standard InChI is InChI=1S/C16H22N4O4/c1-11-4-2-6-13(18-11)19-15(23)12-5-3-9-20(10-12)16(24)17-8-7-14(21)22/h2,4,6,12H,3,5,7-10H2,1H3,(H,17,24)(H,21,22)(H,18,19,23). The van der Waals surface area contributed by atoms with Gasteiger partial charge in [0.25, 0.3) is 0 Å². The summed E-state index contributed by atoms with van der Waals surface area (Å²) in [6.45, 7) is 2.80. The summed E-state index contributed by atoms with van der Waals surface area (Å²) in [4.78, 5) is 40.7. The summed E-state index contributed by atoms with van der Waals surface area (Å²) in [5.41, 5.74) is 0.816. The molecule has 24 heavy (non-hydrogen) atoms. The van der Waals surface area contributed by atoms with E-state index in [2.05, 4.69) is 15.6 Å². The molecule has 1 aromatic heterocycles. The Morgan fingerprint density at radius 2 is 2.17 bits per heavy atom. The molecular weight excluding hydrogens is 312 g/mol. The summed E-state index contributed by atoms with van der Waals surface area (Å²) >= 11 is 0. The third-order valence-corrected chi connectivity index (χ3v) is 3.83. The largest absolute Gasteiger partial charge is 0.481 e. The van der Waals surface area contributed by atoms with E-state index in [0.717, 1.165) is 12.1 Å². The second kappa shape index (κ2) is 8.28. The van der Waals surface area contributed by atoms with Crippen LogP contribution in [0.5, 0.6) is 0 Å². The normalized spacial score (nSPS) is 17.2. The van der Waals surface area contributed by atoms with Crippen LogP contribution >= 0.6 is 0 Å². The third-order valence-electron chi connectivity index (χ3n) is 3.83. The zero-order chi connectivity index (χ0) is 17.5. The van der Waals surface area contributed by atoms with Crippen molar-refractivity contribution in [1.29, 1.82) is 0 Å². The lowest BCUT2D eigenvalue weighted by Gasteiger charge is -2.32. The van der Waals surface area contributed by atoms with Crippen LogP contribution in [-0.2, 0) is 9.59 Å². The van der Waals surface area contributed by atoms with Crippen molar-refractivity contribution >= 4 is 23.7 Å². The number of rotatable bonds is 5. The number of carboxylic acids is 1. The number of hydrogen-bond donors (Lipinski definition) is 3. The number of carbonyl (C=O) groups excluding carboxylic acids is 2. The summed E-state index contributed by atoms with van der Waals surface area (Å²) in [5, 5.41) is 13.9.